The second-order valence-corrected chi connectivity index (χ2v) is 7.76. The van der Waals surface area contributed by atoms with Crippen LogP contribution in [0.1, 0.15) is 27.4 Å². The van der Waals surface area contributed by atoms with E-state index in [4.69, 9.17) is 13.9 Å². The molecule has 10 heteroatoms. The number of carbonyl (C=O) groups excluding carboxylic acids is 2. The van der Waals surface area contributed by atoms with Crippen LogP contribution < -0.4 is 20.1 Å². The molecule has 9 nitrogen and oxygen atoms in total. The van der Waals surface area contributed by atoms with Crippen LogP contribution in [-0.4, -0.2) is 35.8 Å². The number of ether oxygens (including phenoxy) is 2. The van der Waals surface area contributed by atoms with Gasteiger partial charge in [0.15, 0.2) is 11.5 Å². The lowest BCUT2D eigenvalue weighted by Gasteiger charge is -2.14. The summed E-state index contributed by atoms with van der Waals surface area (Å²) < 4.78 is 17.4. The number of amides is 2. The number of hydrogen-bond donors (Lipinski definition) is 2. The molecule has 0 saturated heterocycles. The summed E-state index contributed by atoms with van der Waals surface area (Å²) >= 11 is 1.71. The number of fused-ring (bicyclic) bond motifs is 1. The molecule has 1 aliphatic rings. The predicted octanol–water partition coefficient (Wildman–Crippen LogP) is 2.81. The summed E-state index contributed by atoms with van der Waals surface area (Å²) in [6, 6.07) is 8.64. The molecule has 0 spiro atoms. The first-order chi connectivity index (χ1) is 15.1. The van der Waals surface area contributed by atoms with Gasteiger partial charge in [-0.15, -0.1) is 0 Å². The van der Waals surface area contributed by atoms with Gasteiger partial charge in [-0.1, -0.05) is 6.07 Å². The number of thioether (sulfide) groups is 1. The Morgan fingerprint density at radius 3 is 2.81 bits per heavy atom. The van der Waals surface area contributed by atoms with Crippen molar-refractivity contribution in [2.45, 2.75) is 24.6 Å². The van der Waals surface area contributed by atoms with E-state index >= 15 is 0 Å². The van der Waals surface area contributed by atoms with Gasteiger partial charge in [-0.25, -0.2) is 4.68 Å². The average molecular weight is 442 g/mol. The van der Waals surface area contributed by atoms with Crippen LogP contribution in [0.4, 0.5) is 5.82 Å². The minimum atomic E-state index is -0.368. The Morgan fingerprint density at radius 1 is 1.19 bits per heavy atom. The van der Waals surface area contributed by atoms with Crippen molar-refractivity contribution in [2.24, 2.45) is 0 Å². The normalized spacial score (nSPS) is 12.3. The van der Waals surface area contributed by atoms with Crippen LogP contribution in [-0.2, 0) is 29.4 Å². The number of aromatic nitrogens is 2. The largest absolute Gasteiger partial charge is 0.493 e. The number of rotatable bonds is 8. The monoisotopic (exact) mass is 442 g/mol. The maximum Gasteiger partial charge on any atom is 0.260 e. The Morgan fingerprint density at radius 2 is 2.06 bits per heavy atom. The first-order valence-corrected chi connectivity index (χ1v) is 10.7. The van der Waals surface area contributed by atoms with Gasteiger partial charge in [0.25, 0.3) is 5.91 Å². The first-order valence-electron chi connectivity index (χ1n) is 9.58. The minimum Gasteiger partial charge on any atom is -0.493 e. The minimum absolute atomic E-state index is 0.0246. The van der Waals surface area contributed by atoms with Gasteiger partial charge in [0.05, 0.1) is 38.3 Å². The van der Waals surface area contributed by atoms with Gasteiger partial charge in [0.2, 0.25) is 5.91 Å². The lowest BCUT2D eigenvalue weighted by molar-refractivity contribution is -0.122. The molecule has 0 fully saturated rings. The zero-order valence-electron chi connectivity index (χ0n) is 17.1. The predicted molar refractivity (Wildman–Crippen MR) is 115 cm³/mol. The number of hydrogen-bond acceptors (Lipinski definition) is 7. The highest BCUT2D eigenvalue weighted by Crippen LogP contribution is 2.36. The Kier molecular flexibility index (Phi) is 6.17. The Bertz CT molecular complexity index is 1090. The number of para-hydroxylation sites is 1. The number of carbonyl (C=O) groups is 2. The number of methoxy groups -OCH3 is 2. The lowest BCUT2D eigenvalue weighted by atomic mass is 10.1. The molecule has 31 heavy (non-hydrogen) atoms. The first kappa shape index (κ1) is 20.9. The van der Waals surface area contributed by atoms with E-state index in [1.54, 1.807) is 48.4 Å². The SMILES string of the molecule is COc1cccc(C(=O)Nc2c3c(nn2CC(=O)NCc2ccco2)CSC3)c1OC. The third kappa shape index (κ3) is 4.38. The number of furan rings is 1. The molecule has 0 aliphatic carbocycles. The van der Waals surface area contributed by atoms with E-state index in [1.165, 1.54) is 18.9 Å². The maximum absolute atomic E-state index is 13.1. The molecule has 4 rings (SSSR count). The van der Waals surface area contributed by atoms with E-state index in [0.717, 1.165) is 17.0 Å². The van der Waals surface area contributed by atoms with Crippen molar-refractivity contribution < 1.29 is 23.5 Å². The van der Waals surface area contributed by atoms with Crippen molar-refractivity contribution in [3.63, 3.8) is 0 Å². The number of anilines is 1. The van der Waals surface area contributed by atoms with Crippen molar-refractivity contribution in [2.75, 3.05) is 19.5 Å². The van der Waals surface area contributed by atoms with Crippen molar-refractivity contribution >= 4 is 29.4 Å². The van der Waals surface area contributed by atoms with Gasteiger partial charge in [0.1, 0.15) is 18.1 Å². The summed E-state index contributed by atoms with van der Waals surface area (Å²) in [5.74, 6) is 2.83. The molecule has 0 unspecified atom stereocenters. The second-order valence-electron chi connectivity index (χ2n) is 6.78. The summed E-state index contributed by atoms with van der Waals surface area (Å²) in [5, 5.41) is 10.3. The van der Waals surface area contributed by atoms with Crippen molar-refractivity contribution in [1.82, 2.24) is 15.1 Å². The van der Waals surface area contributed by atoms with Crippen LogP contribution in [0.2, 0.25) is 0 Å². The number of benzene rings is 1. The van der Waals surface area contributed by atoms with Gasteiger partial charge < -0.3 is 24.5 Å². The molecule has 1 aliphatic heterocycles. The Hall–Kier alpha value is -3.40. The molecule has 162 valence electrons. The van der Waals surface area contributed by atoms with Crippen LogP contribution >= 0.6 is 11.8 Å². The summed E-state index contributed by atoms with van der Waals surface area (Å²) in [6.07, 6.45) is 1.55. The zero-order chi connectivity index (χ0) is 21.8. The maximum atomic E-state index is 13.1. The van der Waals surface area contributed by atoms with Crippen LogP contribution in [0.25, 0.3) is 0 Å². The van der Waals surface area contributed by atoms with E-state index in [1.807, 2.05) is 0 Å². The molecular weight excluding hydrogens is 420 g/mol. The molecule has 2 amide bonds. The highest BCUT2D eigenvalue weighted by molar-refractivity contribution is 7.98. The fourth-order valence-electron chi connectivity index (χ4n) is 3.35. The van der Waals surface area contributed by atoms with Crippen LogP contribution in [0.15, 0.2) is 41.0 Å². The number of nitrogens with one attached hydrogen (secondary N) is 2. The summed E-state index contributed by atoms with van der Waals surface area (Å²) in [4.78, 5) is 25.5. The van der Waals surface area contributed by atoms with E-state index in [-0.39, 0.29) is 24.9 Å². The molecule has 3 aromatic rings. The third-order valence-corrected chi connectivity index (χ3v) is 5.80. The highest BCUT2D eigenvalue weighted by Gasteiger charge is 2.26. The molecule has 0 radical (unpaired) electrons. The van der Waals surface area contributed by atoms with Crippen molar-refractivity contribution in [1.29, 1.82) is 0 Å². The Labute approximate surface area is 183 Å². The summed E-state index contributed by atoms with van der Waals surface area (Å²) in [6.45, 7) is 0.259. The molecule has 0 atom stereocenters. The lowest BCUT2D eigenvalue weighted by Crippen LogP contribution is -2.28. The molecule has 1 aromatic carbocycles. The molecule has 2 aromatic heterocycles. The van der Waals surface area contributed by atoms with E-state index in [2.05, 4.69) is 15.7 Å². The van der Waals surface area contributed by atoms with Gasteiger partial charge >= 0.3 is 0 Å². The van der Waals surface area contributed by atoms with Gasteiger partial charge in [-0.2, -0.15) is 16.9 Å². The molecule has 3 heterocycles. The van der Waals surface area contributed by atoms with E-state index in [0.29, 0.717) is 34.4 Å². The van der Waals surface area contributed by atoms with Gasteiger partial charge in [-0.05, 0) is 24.3 Å². The van der Waals surface area contributed by atoms with Crippen LogP contribution in [0, 0.1) is 0 Å². The van der Waals surface area contributed by atoms with Gasteiger partial charge in [0, 0.05) is 17.1 Å². The fraction of sp³-hybridized carbons (Fsp3) is 0.286. The standard InChI is InChI=1S/C21H22N4O5S/c1-28-17-7-3-6-14(19(17)29-2)21(27)23-20-15-11-31-12-16(15)24-25(20)10-18(26)22-9-13-5-4-8-30-13/h3-8H,9-12H2,1-2H3,(H,22,26)(H,23,27). The second kappa shape index (κ2) is 9.17. The smallest absolute Gasteiger partial charge is 0.260 e. The molecule has 0 saturated carbocycles. The van der Waals surface area contributed by atoms with E-state index < -0.39 is 0 Å². The molecule has 0 bridgehead atoms. The fourth-order valence-corrected chi connectivity index (χ4v) is 4.39. The zero-order valence-corrected chi connectivity index (χ0v) is 18.0. The quantitative estimate of drug-likeness (QED) is 0.552. The summed E-state index contributed by atoms with van der Waals surface area (Å²) in [5.41, 5.74) is 2.13. The van der Waals surface area contributed by atoms with E-state index in [9.17, 15) is 9.59 Å². The molecule has 2 N–H and O–H groups in total. The third-order valence-electron chi connectivity index (χ3n) is 4.83. The van der Waals surface area contributed by atoms with Crippen molar-refractivity contribution in [3.8, 4) is 11.5 Å². The summed E-state index contributed by atoms with van der Waals surface area (Å²) in [7, 11) is 3.00. The number of nitrogens with zero attached hydrogens (tertiary/aromatic N) is 2. The average Bonchev–Trinajstić information content (AvgIpc) is 3.51. The Balaban J connectivity index is 1.54. The van der Waals surface area contributed by atoms with Gasteiger partial charge in [-0.3, -0.25) is 9.59 Å². The van der Waals surface area contributed by atoms with Crippen LogP contribution in [0.5, 0.6) is 11.5 Å². The molecular formula is C21H22N4O5S. The van der Waals surface area contributed by atoms with Crippen molar-refractivity contribution in [3.05, 3.63) is 59.2 Å². The highest BCUT2D eigenvalue weighted by atomic mass is 32.2. The topological polar surface area (TPSA) is 108 Å². The van der Waals surface area contributed by atoms with Crippen LogP contribution in [0.3, 0.4) is 0 Å².